The highest BCUT2D eigenvalue weighted by Crippen LogP contribution is 2.20. The Bertz CT molecular complexity index is 587. The average Bonchev–Trinajstić information content (AvgIpc) is 2.63. The third-order valence-electron chi connectivity index (χ3n) is 4.51. The fourth-order valence-corrected chi connectivity index (χ4v) is 3.14. The molecule has 3 rings (SSSR count). The van der Waals surface area contributed by atoms with Crippen LogP contribution < -0.4 is 10.6 Å². The number of hydrogen-bond donors (Lipinski definition) is 2. The highest BCUT2D eigenvalue weighted by atomic mass is 19.1. The van der Waals surface area contributed by atoms with Crippen LogP contribution in [0.15, 0.2) is 24.3 Å². The second-order valence-corrected chi connectivity index (χ2v) is 6.13. The fourth-order valence-electron chi connectivity index (χ4n) is 3.14. The van der Waals surface area contributed by atoms with Gasteiger partial charge in [-0.15, -0.1) is 0 Å². The third kappa shape index (κ3) is 3.91. The maximum Gasteiger partial charge on any atom is 0.248 e. The fraction of sp³-hybridized carbons (Fsp3) is 0.529. The molecule has 2 amide bonds. The monoisotopic (exact) mass is 335 g/mol. The number of ether oxygens (including phenoxy) is 1. The van der Waals surface area contributed by atoms with Gasteiger partial charge in [-0.25, -0.2) is 4.39 Å². The van der Waals surface area contributed by atoms with Crippen LogP contribution in [0.3, 0.4) is 0 Å². The summed E-state index contributed by atoms with van der Waals surface area (Å²) < 4.78 is 18.3. The molecule has 2 heterocycles. The van der Waals surface area contributed by atoms with Gasteiger partial charge in [0, 0.05) is 44.5 Å². The Balaban J connectivity index is 1.67. The minimum Gasteiger partial charge on any atom is -0.381 e. The van der Waals surface area contributed by atoms with Gasteiger partial charge in [-0.05, 0) is 37.1 Å². The lowest BCUT2D eigenvalue weighted by atomic mass is 9.97. The van der Waals surface area contributed by atoms with Crippen molar-refractivity contribution in [3.05, 3.63) is 30.1 Å². The van der Waals surface area contributed by atoms with E-state index in [0.717, 1.165) is 0 Å². The molecular formula is C17H22FN3O3. The van der Waals surface area contributed by atoms with E-state index in [-0.39, 0.29) is 23.5 Å². The number of anilines is 1. The number of piperazine rings is 1. The van der Waals surface area contributed by atoms with Gasteiger partial charge in [-0.1, -0.05) is 0 Å². The minimum absolute atomic E-state index is 0.0269. The number of benzene rings is 1. The van der Waals surface area contributed by atoms with E-state index in [9.17, 15) is 14.0 Å². The van der Waals surface area contributed by atoms with Gasteiger partial charge in [0.2, 0.25) is 11.8 Å². The van der Waals surface area contributed by atoms with Crippen molar-refractivity contribution in [3.63, 3.8) is 0 Å². The van der Waals surface area contributed by atoms with E-state index >= 15 is 0 Å². The highest BCUT2D eigenvalue weighted by molar-refractivity contribution is 5.97. The molecular weight excluding hydrogens is 313 g/mol. The van der Waals surface area contributed by atoms with Crippen molar-refractivity contribution in [2.75, 3.05) is 38.2 Å². The van der Waals surface area contributed by atoms with Crippen LogP contribution in [0.1, 0.15) is 12.8 Å². The molecule has 0 bridgehead atoms. The maximum atomic E-state index is 13.0. The number of halogens is 1. The Morgan fingerprint density at radius 2 is 1.92 bits per heavy atom. The number of amides is 2. The molecule has 0 aliphatic carbocycles. The van der Waals surface area contributed by atoms with Crippen molar-refractivity contribution in [1.82, 2.24) is 10.2 Å². The molecule has 2 fully saturated rings. The van der Waals surface area contributed by atoms with Crippen LogP contribution >= 0.6 is 0 Å². The van der Waals surface area contributed by atoms with Crippen molar-refractivity contribution >= 4 is 17.5 Å². The molecule has 2 aliphatic rings. The predicted octanol–water partition coefficient (Wildman–Crippen LogP) is 0.991. The zero-order chi connectivity index (χ0) is 16.9. The number of rotatable bonds is 3. The Hall–Kier alpha value is -1.99. The van der Waals surface area contributed by atoms with Crippen molar-refractivity contribution in [2.24, 2.45) is 5.92 Å². The Morgan fingerprint density at radius 3 is 2.62 bits per heavy atom. The second-order valence-electron chi connectivity index (χ2n) is 6.13. The number of nitrogens with zero attached hydrogens (tertiary/aromatic N) is 1. The van der Waals surface area contributed by atoms with Crippen LogP contribution in [0.25, 0.3) is 0 Å². The van der Waals surface area contributed by atoms with E-state index in [0.29, 0.717) is 51.4 Å². The van der Waals surface area contributed by atoms with Gasteiger partial charge in [0.25, 0.3) is 0 Å². The summed E-state index contributed by atoms with van der Waals surface area (Å²) in [5, 5.41) is 5.92. The first-order valence-corrected chi connectivity index (χ1v) is 8.30. The highest BCUT2D eigenvalue weighted by Gasteiger charge is 2.35. The average molecular weight is 335 g/mol. The van der Waals surface area contributed by atoms with E-state index in [1.807, 2.05) is 0 Å². The van der Waals surface area contributed by atoms with Crippen LogP contribution in [0.5, 0.6) is 0 Å². The Kier molecular flexibility index (Phi) is 5.42. The summed E-state index contributed by atoms with van der Waals surface area (Å²) in [6, 6.07) is 5.04. The minimum atomic E-state index is -0.556. The molecule has 6 nitrogen and oxygen atoms in total. The maximum absolute atomic E-state index is 13.0. The molecule has 7 heteroatoms. The lowest BCUT2D eigenvalue weighted by molar-refractivity contribution is -0.145. The van der Waals surface area contributed by atoms with Crippen LogP contribution in [0.4, 0.5) is 10.1 Å². The third-order valence-corrected chi connectivity index (χ3v) is 4.51. The van der Waals surface area contributed by atoms with Gasteiger partial charge in [0.15, 0.2) is 0 Å². The molecule has 1 atom stereocenters. The van der Waals surface area contributed by atoms with E-state index in [4.69, 9.17) is 4.74 Å². The summed E-state index contributed by atoms with van der Waals surface area (Å²) in [6.45, 7) is 2.79. The molecule has 1 aromatic carbocycles. The van der Waals surface area contributed by atoms with Crippen molar-refractivity contribution < 1.29 is 18.7 Å². The summed E-state index contributed by atoms with van der Waals surface area (Å²) >= 11 is 0. The lowest BCUT2D eigenvalue weighted by Gasteiger charge is -2.38. The molecule has 1 aromatic rings. The molecule has 130 valence electrons. The SMILES string of the molecule is O=C(Nc1ccc(F)cc1)C1CNCCN1C(=O)C1CCOCC1. The largest absolute Gasteiger partial charge is 0.381 e. The van der Waals surface area contributed by atoms with Crippen LogP contribution in [-0.4, -0.2) is 55.6 Å². The summed E-state index contributed by atoms with van der Waals surface area (Å²) in [7, 11) is 0. The van der Waals surface area contributed by atoms with Crippen LogP contribution in [-0.2, 0) is 14.3 Å². The summed E-state index contributed by atoms with van der Waals surface area (Å²) in [4.78, 5) is 27.0. The molecule has 0 aromatic heterocycles. The van der Waals surface area contributed by atoms with E-state index in [1.165, 1.54) is 24.3 Å². The van der Waals surface area contributed by atoms with Gasteiger partial charge in [-0.2, -0.15) is 0 Å². The molecule has 0 spiro atoms. The van der Waals surface area contributed by atoms with Gasteiger partial charge in [0.05, 0.1) is 0 Å². The smallest absolute Gasteiger partial charge is 0.248 e. The summed E-state index contributed by atoms with van der Waals surface area (Å²) in [6.07, 6.45) is 1.41. The quantitative estimate of drug-likeness (QED) is 0.864. The van der Waals surface area contributed by atoms with Gasteiger partial charge >= 0.3 is 0 Å². The summed E-state index contributed by atoms with van der Waals surface area (Å²) in [5.74, 6) is -0.658. The molecule has 0 saturated carbocycles. The standard InChI is InChI=1S/C17H22FN3O3/c18-13-1-3-14(4-2-13)20-16(22)15-11-19-7-8-21(15)17(23)12-5-9-24-10-6-12/h1-4,12,15,19H,5-11H2,(H,20,22). The Labute approximate surface area is 140 Å². The lowest BCUT2D eigenvalue weighted by Crippen LogP contribution is -2.59. The number of carbonyl (C=O) groups excluding carboxylic acids is 2. The molecule has 2 N–H and O–H groups in total. The molecule has 0 radical (unpaired) electrons. The van der Waals surface area contributed by atoms with Gasteiger partial charge in [-0.3, -0.25) is 9.59 Å². The zero-order valence-corrected chi connectivity index (χ0v) is 13.5. The van der Waals surface area contributed by atoms with Crippen molar-refractivity contribution in [1.29, 1.82) is 0 Å². The number of nitrogens with one attached hydrogen (secondary N) is 2. The van der Waals surface area contributed by atoms with Crippen molar-refractivity contribution in [2.45, 2.75) is 18.9 Å². The van der Waals surface area contributed by atoms with Crippen molar-refractivity contribution in [3.8, 4) is 0 Å². The first kappa shape index (κ1) is 16.9. The van der Waals surface area contributed by atoms with Gasteiger partial charge < -0.3 is 20.3 Å². The van der Waals surface area contributed by atoms with E-state index < -0.39 is 6.04 Å². The van der Waals surface area contributed by atoms with E-state index in [2.05, 4.69) is 10.6 Å². The van der Waals surface area contributed by atoms with Gasteiger partial charge in [0.1, 0.15) is 11.9 Å². The molecule has 2 saturated heterocycles. The second kappa shape index (κ2) is 7.72. The molecule has 1 unspecified atom stereocenters. The first-order chi connectivity index (χ1) is 11.6. The summed E-state index contributed by atoms with van der Waals surface area (Å²) in [5.41, 5.74) is 0.519. The van der Waals surface area contributed by atoms with Crippen LogP contribution in [0, 0.1) is 11.7 Å². The molecule has 24 heavy (non-hydrogen) atoms. The number of hydrogen-bond acceptors (Lipinski definition) is 4. The number of carbonyl (C=O) groups is 2. The molecule has 2 aliphatic heterocycles. The topological polar surface area (TPSA) is 70.7 Å². The van der Waals surface area contributed by atoms with Crippen LogP contribution in [0.2, 0.25) is 0 Å². The zero-order valence-electron chi connectivity index (χ0n) is 13.5. The predicted molar refractivity (Wildman–Crippen MR) is 86.9 cm³/mol. The van der Waals surface area contributed by atoms with E-state index in [1.54, 1.807) is 4.90 Å². The first-order valence-electron chi connectivity index (χ1n) is 8.30. The normalized spacial score (nSPS) is 22.2. The Morgan fingerprint density at radius 1 is 1.21 bits per heavy atom.